The van der Waals surface area contributed by atoms with Gasteiger partial charge in [-0.05, 0) is 37.7 Å². The molecule has 0 radical (unpaired) electrons. The molecule has 0 aliphatic heterocycles. The van der Waals surface area contributed by atoms with Gasteiger partial charge in [0, 0.05) is 23.7 Å². The van der Waals surface area contributed by atoms with E-state index in [2.05, 4.69) is 15.6 Å². The number of ether oxygens (including phenoxy) is 1. The first-order valence-corrected chi connectivity index (χ1v) is 7.84. The summed E-state index contributed by atoms with van der Waals surface area (Å²) < 4.78 is 19.3. The minimum absolute atomic E-state index is 0.262. The molecule has 4 nitrogen and oxygen atoms in total. The van der Waals surface area contributed by atoms with E-state index < -0.39 is 0 Å². The molecule has 0 bridgehead atoms. The van der Waals surface area contributed by atoms with Crippen molar-refractivity contribution in [1.29, 1.82) is 0 Å². The molecule has 0 unspecified atom stereocenters. The van der Waals surface area contributed by atoms with Crippen molar-refractivity contribution in [3.05, 3.63) is 41.2 Å². The minimum Gasteiger partial charge on any atom is -0.493 e. The lowest BCUT2D eigenvalue weighted by Gasteiger charge is -2.12. The summed E-state index contributed by atoms with van der Waals surface area (Å²) in [5.41, 5.74) is 0.559. The fraction of sp³-hybridized carbons (Fsp3) is 0.286. The van der Waals surface area contributed by atoms with Crippen LogP contribution in [0.25, 0.3) is 0 Å². The van der Waals surface area contributed by atoms with Crippen molar-refractivity contribution in [2.45, 2.75) is 13.3 Å². The Morgan fingerprint density at radius 1 is 1.48 bits per heavy atom. The van der Waals surface area contributed by atoms with Gasteiger partial charge in [0.2, 0.25) is 0 Å². The standard InChI is InChI=1S/C14H16FN3OS2/c1-2-19-12-5-3-4-11(15)10(12)6-7-16-13(20)18-14-17-8-9-21-14/h3-5,8-9H,2,6-7H2,1H3,(H2,16,17,18,20). The van der Waals surface area contributed by atoms with Gasteiger partial charge in [0.15, 0.2) is 10.2 Å². The van der Waals surface area contributed by atoms with Crippen LogP contribution in [0.2, 0.25) is 0 Å². The number of benzene rings is 1. The van der Waals surface area contributed by atoms with E-state index in [9.17, 15) is 4.39 Å². The van der Waals surface area contributed by atoms with E-state index in [0.29, 0.717) is 36.0 Å². The quantitative estimate of drug-likeness (QED) is 0.799. The SMILES string of the molecule is CCOc1cccc(F)c1CCNC(=S)Nc1nccs1. The number of nitrogens with zero attached hydrogens (tertiary/aromatic N) is 1. The molecule has 2 N–H and O–H groups in total. The fourth-order valence-electron chi connectivity index (χ4n) is 1.80. The van der Waals surface area contributed by atoms with Gasteiger partial charge in [-0.25, -0.2) is 9.37 Å². The van der Waals surface area contributed by atoms with E-state index in [-0.39, 0.29) is 5.82 Å². The molecule has 0 atom stereocenters. The van der Waals surface area contributed by atoms with Gasteiger partial charge in [-0.1, -0.05) is 6.07 Å². The van der Waals surface area contributed by atoms with Crippen molar-refractivity contribution in [3.8, 4) is 5.75 Å². The molecule has 7 heteroatoms. The van der Waals surface area contributed by atoms with Gasteiger partial charge in [-0.15, -0.1) is 11.3 Å². The van der Waals surface area contributed by atoms with Crippen molar-refractivity contribution >= 4 is 33.8 Å². The van der Waals surface area contributed by atoms with Crippen LogP contribution < -0.4 is 15.4 Å². The highest BCUT2D eigenvalue weighted by atomic mass is 32.1. The van der Waals surface area contributed by atoms with Crippen LogP contribution in [0.4, 0.5) is 9.52 Å². The summed E-state index contributed by atoms with van der Waals surface area (Å²) in [5.74, 6) is 0.319. The van der Waals surface area contributed by atoms with Crippen LogP contribution in [0.1, 0.15) is 12.5 Å². The summed E-state index contributed by atoms with van der Waals surface area (Å²) in [6.45, 7) is 2.89. The molecule has 2 rings (SSSR count). The Bertz CT molecular complexity index is 590. The van der Waals surface area contributed by atoms with Crippen molar-refractivity contribution in [2.24, 2.45) is 0 Å². The zero-order valence-electron chi connectivity index (χ0n) is 11.6. The predicted molar refractivity (Wildman–Crippen MR) is 87.6 cm³/mol. The third kappa shape index (κ3) is 4.64. The smallest absolute Gasteiger partial charge is 0.188 e. The third-order valence-corrected chi connectivity index (χ3v) is 3.62. The average Bonchev–Trinajstić information content (AvgIpc) is 2.95. The van der Waals surface area contributed by atoms with Crippen LogP contribution in [0.5, 0.6) is 5.75 Å². The molecule has 0 fully saturated rings. The molecule has 1 aromatic carbocycles. The molecule has 1 heterocycles. The summed E-state index contributed by atoms with van der Waals surface area (Å²) in [4.78, 5) is 4.07. The van der Waals surface area contributed by atoms with Crippen LogP contribution in [0, 0.1) is 5.82 Å². The summed E-state index contributed by atoms with van der Waals surface area (Å²) in [6, 6.07) is 4.85. The number of anilines is 1. The second kappa shape index (κ2) is 7.90. The molecule has 0 aliphatic rings. The van der Waals surface area contributed by atoms with E-state index >= 15 is 0 Å². The first-order chi connectivity index (χ1) is 10.2. The van der Waals surface area contributed by atoms with E-state index in [1.807, 2.05) is 12.3 Å². The van der Waals surface area contributed by atoms with Crippen molar-refractivity contribution in [1.82, 2.24) is 10.3 Å². The van der Waals surface area contributed by atoms with Crippen LogP contribution in [0.3, 0.4) is 0 Å². The van der Waals surface area contributed by atoms with Gasteiger partial charge in [0.05, 0.1) is 6.61 Å². The summed E-state index contributed by atoms with van der Waals surface area (Å²) in [7, 11) is 0. The number of aromatic nitrogens is 1. The number of thiocarbonyl (C=S) groups is 1. The van der Waals surface area contributed by atoms with Gasteiger partial charge < -0.3 is 15.4 Å². The monoisotopic (exact) mass is 325 g/mol. The molecule has 0 aliphatic carbocycles. The Hall–Kier alpha value is -1.73. The zero-order valence-corrected chi connectivity index (χ0v) is 13.2. The zero-order chi connectivity index (χ0) is 15.1. The van der Waals surface area contributed by atoms with Crippen molar-refractivity contribution in [3.63, 3.8) is 0 Å². The highest BCUT2D eigenvalue weighted by Gasteiger charge is 2.09. The molecule has 0 saturated carbocycles. The molecule has 0 saturated heterocycles. The maximum absolute atomic E-state index is 13.8. The van der Waals surface area contributed by atoms with Crippen molar-refractivity contribution < 1.29 is 9.13 Å². The summed E-state index contributed by atoms with van der Waals surface area (Å²) in [5, 5.41) is 9.06. The molecular formula is C14H16FN3OS2. The second-order valence-electron chi connectivity index (χ2n) is 4.12. The topological polar surface area (TPSA) is 46.2 Å². The van der Waals surface area contributed by atoms with Crippen LogP contribution in [-0.4, -0.2) is 23.2 Å². The van der Waals surface area contributed by atoms with Gasteiger partial charge in [0.1, 0.15) is 11.6 Å². The van der Waals surface area contributed by atoms with Crippen molar-refractivity contribution in [2.75, 3.05) is 18.5 Å². The van der Waals surface area contributed by atoms with Crippen LogP contribution >= 0.6 is 23.6 Å². The Kier molecular flexibility index (Phi) is 5.89. The highest BCUT2D eigenvalue weighted by Crippen LogP contribution is 2.21. The lowest BCUT2D eigenvalue weighted by atomic mass is 10.1. The molecule has 21 heavy (non-hydrogen) atoms. The molecule has 2 aromatic rings. The largest absolute Gasteiger partial charge is 0.493 e. The Morgan fingerprint density at radius 2 is 2.33 bits per heavy atom. The second-order valence-corrected chi connectivity index (χ2v) is 5.42. The third-order valence-electron chi connectivity index (χ3n) is 2.69. The van der Waals surface area contributed by atoms with Gasteiger partial charge in [-0.2, -0.15) is 0 Å². The first kappa shape index (κ1) is 15.7. The number of thiazole rings is 1. The summed E-state index contributed by atoms with van der Waals surface area (Å²) in [6.07, 6.45) is 2.19. The summed E-state index contributed by atoms with van der Waals surface area (Å²) >= 11 is 6.62. The first-order valence-electron chi connectivity index (χ1n) is 6.55. The Balaban J connectivity index is 1.87. The molecule has 0 spiro atoms. The number of rotatable bonds is 6. The molecular weight excluding hydrogens is 309 g/mol. The van der Waals surface area contributed by atoms with Gasteiger partial charge in [-0.3, -0.25) is 0 Å². The van der Waals surface area contributed by atoms with E-state index in [4.69, 9.17) is 17.0 Å². The van der Waals surface area contributed by atoms with E-state index in [1.54, 1.807) is 18.3 Å². The number of hydrogen-bond donors (Lipinski definition) is 2. The lowest BCUT2D eigenvalue weighted by molar-refractivity contribution is 0.333. The normalized spacial score (nSPS) is 10.2. The van der Waals surface area contributed by atoms with E-state index in [1.165, 1.54) is 17.4 Å². The fourth-order valence-corrected chi connectivity index (χ4v) is 2.60. The average molecular weight is 325 g/mol. The Labute approximate surface area is 132 Å². The molecule has 1 aromatic heterocycles. The highest BCUT2D eigenvalue weighted by molar-refractivity contribution is 7.80. The lowest BCUT2D eigenvalue weighted by Crippen LogP contribution is -2.30. The Morgan fingerprint density at radius 3 is 3.05 bits per heavy atom. The van der Waals surface area contributed by atoms with Crippen LogP contribution in [-0.2, 0) is 6.42 Å². The van der Waals surface area contributed by atoms with E-state index in [0.717, 1.165) is 5.13 Å². The van der Waals surface area contributed by atoms with Crippen LogP contribution in [0.15, 0.2) is 29.8 Å². The number of nitrogens with one attached hydrogen (secondary N) is 2. The molecule has 112 valence electrons. The number of hydrogen-bond acceptors (Lipinski definition) is 4. The number of halogens is 1. The molecule has 0 amide bonds. The maximum atomic E-state index is 13.8. The maximum Gasteiger partial charge on any atom is 0.188 e. The minimum atomic E-state index is -0.262. The van der Waals surface area contributed by atoms with Gasteiger partial charge in [0.25, 0.3) is 0 Å². The van der Waals surface area contributed by atoms with Gasteiger partial charge >= 0.3 is 0 Å². The predicted octanol–water partition coefficient (Wildman–Crippen LogP) is 3.21.